The molecule has 6 aliphatic carbocycles. The van der Waals surface area contributed by atoms with Gasteiger partial charge in [0.1, 0.15) is 13.2 Å². The summed E-state index contributed by atoms with van der Waals surface area (Å²) in [6, 6.07) is 3.12. The van der Waals surface area contributed by atoms with E-state index in [9.17, 15) is 9.59 Å². The second-order valence-electron chi connectivity index (χ2n) is 20.8. The molecule has 0 aromatic heterocycles. The second-order valence-corrected chi connectivity index (χ2v) is 20.8. The molecule has 0 unspecified atom stereocenters. The monoisotopic (exact) mass is 809 g/mol. The molecule has 0 bridgehead atoms. The zero-order valence-electron chi connectivity index (χ0n) is 36.2. The van der Waals surface area contributed by atoms with Crippen LogP contribution in [0.2, 0.25) is 0 Å². The van der Waals surface area contributed by atoms with Gasteiger partial charge in [-0.05, 0) is 152 Å². The van der Waals surface area contributed by atoms with Gasteiger partial charge in [0, 0.05) is 76.8 Å². The molecule has 10 heteroatoms. The lowest BCUT2D eigenvalue weighted by molar-refractivity contribution is -0.167. The van der Waals surface area contributed by atoms with Gasteiger partial charge in [0.15, 0.2) is 0 Å². The Balaban J connectivity index is 0.000000150. The van der Waals surface area contributed by atoms with Crippen molar-refractivity contribution in [2.75, 3.05) is 65.8 Å². The number of hydrogen-bond acceptors (Lipinski definition) is 8. The average Bonchev–Trinajstić information content (AvgIpc) is 4.23. The van der Waals surface area contributed by atoms with Crippen LogP contribution < -0.4 is 0 Å². The van der Waals surface area contributed by atoms with Crippen molar-refractivity contribution in [2.24, 2.45) is 23.7 Å². The van der Waals surface area contributed by atoms with Gasteiger partial charge < -0.3 is 38.5 Å². The second kappa shape index (κ2) is 20.3. The van der Waals surface area contributed by atoms with Gasteiger partial charge in [-0.15, -0.1) is 0 Å². The first-order valence-electron chi connectivity index (χ1n) is 25.0. The maximum Gasteiger partial charge on any atom is 0.249 e. The summed E-state index contributed by atoms with van der Waals surface area (Å²) < 4.78 is 23.7. The molecule has 2 amide bonds. The van der Waals surface area contributed by atoms with Crippen LogP contribution in [0.25, 0.3) is 0 Å². The summed E-state index contributed by atoms with van der Waals surface area (Å²) in [5.74, 6) is 3.84. The largest absolute Gasteiger partial charge is 0.381 e. The fourth-order valence-electron chi connectivity index (χ4n) is 12.8. The molecule has 0 aromatic carbocycles. The predicted molar refractivity (Wildman–Crippen MR) is 225 cm³/mol. The Morgan fingerprint density at radius 2 is 0.724 bits per heavy atom. The minimum atomic E-state index is 0.248. The van der Waals surface area contributed by atoms with Gasteiger partial charge >= 0.3 is 0 Å². The molecule has 4 saturated heterocycles. The molecule has 328 valence electrons. The Kier molecular flexibility index (Phi) is 14.7. The van der Waals surface area contributed by atoms with Crippen molar-refractivity contribution in [1.82, 2.24) is 19.6 Å². The van der Waals surface area contributed by atoms with Crippen LogP contribution in [0.4, 0.5) is 0 Å². The molecule has 0 spiro atoms. The van der Waals surface area contributed by atoms with Crippen molar-refractivity contribution in [3.05, 3.63) is 0 Å². The highest BCUT2D eigenvalue weighted by atomic mass is 16.5. The molecular formula is C48H80N4O6. The van der Waals surface area contributed by atoms with E-state index in [0.29, 0.717) is 49.6 Å². The number of carbonyl (C=O) groups excluding carboxylic acids is 2. The van der Waals surface area contributed by atoms with Crippen molar-refractivity contribution in [2.45, 2.75) is 203 Å². The maximum absolute atomic E-state index is 12.7. The smallest absolute Gasteiger partial charge is 0.249 e. The molecule has 0 N–H and O–H groups in total. The number of nitrogens with zero attached hydrogens (tertiary/aromatic N) is 4. The topological polar surface area (TPSA) is 84.0 Å². The molecular weight excluding hydrogens is 729 g/mol. The third-order valence-electron chi connectivity index (χ3n) is 16.7. The number of ether oxygens (including phenoxy) is 4. The van der Waals surface area contributed by atoms with Gasteiger partial charge in [-0.3, -0.25) is 9.59 Å². The van der Waals surface area contributed by atoms with E-state index in [-0.39, 0.29) is 11.8 Å². The van der Waals surface area contributed by atoms with E-state index in [2.05, 4.69) is 19.6 Å². The number of rotatable bonds is 12. The molecule has 6 saturated carbocycles. The summed E-state index contributed by atoms with van der Waals surface area (Å²) in [5, 5.41) is 0. The summed E-state index contributed by atoms with van der Waals surface area (Å²) in [4.78, 5) is 35.4. The Morgan fingerprint density at radius 1 is 0.397 bits per heavy atom. The third kappa shape index (κ3) is 10.8. The number of hydrogen-bond donors (Lipinski definition) is 0. The zero-order chi connectivity index (χ0) is 39.3. The lowest BCUT2D eigenvalue weighted by Gasteiger charge is -2.50. The Bertz CT molecular complexity index is 1200. The summed E-state index contributed by atoms with van der Waals surface area (Å²) >= 11 is 0. The van der Waals surface area contributed by atoms with E-state index < -0.39 is 0 Å². The first-order chi connectivity index (χ1) is 28.6. The van der Waals surface area contributed by atoms with E-state index in [4.69, 9.17) is 18.9 Å². The van der Waals surface area contributed by atoms with Gasteiger partial charge in [0.05, 0.1) is 24.3 Å². The summed E-state index contributed by atoms with van der Waals surface area (Å²) in [6.45, 7) is 9.30. The van der Waals surface area contributed by atoms with Crippen LogP contribution in [0.1, 0.15) is 154 Å². The van der Waals surface area contributed by atoms with E-state index in [1.165, 1.54) is 129 Å². The summed E-state index contributed by atoms with van der Waals surface area (Å²) in [7, 11) is 0. The van der Waals surface area contributed by atoms with Crippen LogP contribution in [0.5, 0.6) is 0 Å². The van der Waals surface area contributed by atoms with Gasteiger partial charge in [0.2, 0.25) is 11.8 Å². The Morgan fingerprint density at radius 3 is 1.07 bits per heavy atom. The van der Waals surface area contributed by atoms with Crippen LogP contribution in [0.3, 0.4) is 0 Å². The zero-order valence-corrected chi connectivity index (χ0v) is 36.2. The average molecular weight is 809 g/mol. The minimum absolute atomic E-state index is 0.248. The van der Waals surface area contributed by atoms with Crippen molar-refractivity contribution in [1.29, 1.82) is 0 Å². The normalized spacial score (nSPS) is 37.5. The van der Waals surface area contributed by atoms with Crippen molar-refractivity contribution >= 4 is 11.8 Å². The highest BCUT2D eigenvalue weighted by Crippen LogP contribution is 2.38. The number of fused-ring (bicyclic) bond motifs is 2. The Labute approximate surface area is 351 Å². The standard InChI is InChI=1S/2C24H40N2O3/c2*27-24-17-29-23-4-2-1-3-22(23)26(24)21-11-13-25(14-12-21)20-9-7-19(8-10-20)16-28-15-18-5-6-18/h2*18-23H,1-17H2/t2*19?,20?,22-,23-/m00/s1. The number of piperidine rings is 2. The number of likely N-dealkylation sites (tertiary alicyclic amines) is 2. The minimum Gasteiger partial charge on any atom is -0.381 e. The van der Waals surface area contributed by atoms with Crippen LogP contribution >= 0.6 is 0 Å². The molecule has 10 aliphatic rings. The van der Waals surface area contributed by atoms with Crippen LogP contribution in [-0.2, 0) is 28.5 Å². The summed E-state index contributed by atoms with van der Waals surface area (Å²) in [6.07, 6.45) is 31.0. The first-order valence-corrected chi connectivity index (χ1v) is 25.0. The number of amides is 2. The fourth-order valence-corrected chi connectivity index (χ4v) is 12.8. The molecule has 0 radical (unpaired) electrons. The lowest BCUT2D eigenvalue weighted by atomic mass is 9.84. The molecule has 58 heavy (non-hydrogen) atoms. The van der Waals surface area contributed by atoms with E-state index in [1.54, 1.807) is 0 Å². The van der Waals surface area contributed by atoms with Crippen molar-refractivity contribution < 1.29 is 28.5 Å². The van der Waals surface area contributed by atoms with Crippen molar-refractivity contribution in [3.8, 4) is 0 Å². The SMILES string of the molecule is O=C1CO[C@H]2CCCC[C@@H]2N1C1CCN(C2CCC(COCC3CC3)CC2)CC1.O=C1CO[C@H]2CCCC[C@@H]2N1C1CCN(C2CCC(COCC3CC3)CC2)CC1. The maximum atomic E-state index is 12.7. The first kappa shape index (κ1) is 42.0. The molecule has 4 aliphatic heterocycles. The van der Waals surface area contributed by atoms with Gasteiger partial charge in [-0.25, -0.2) is 0 Å². The van der Waals surface area contributed by atoms with E-state index in [0.717, 1.165) is 114 Å². The molecule has 4 heterocycles. The van der Waals surface area contributed by atoms with Crippen LogP contribution in [0.15, 0.2) is 0 Å². The molecule has 10 nitrogen and oxygen atoms in total. The predicted octanol–water partition coefficient (Wildman–Crippen LogP) is 7.21. The summed E-state index contributed by atoms with van der Waals surface area (Å²) in [5.41, 5.74) is 0. The quantitative estimate of drug-likeness (QED) is 0.205. The van der Waals surface area contributed by atoms with E-state index in [1.807, 2.05) is 0 Å². The molecule has 0 aromatic rings. The third-order valence-corrected chi connectivity index (χ3v) is 16.7. The Hall–Kier alpha value is -1.30. The molecule has 10 rings (SSSR count). The number of carbonyl (C=O) groups is 2. The molecule has 10 fully saturated rings. The lowest BCUT2D eigenvalue weighted by Crippen LogP contribution is -2.61. The highest BCUT2D eigenvalue weighted by Gasteiger charge is 2.44. The van der Waals surface area contributed by atoms with E-state index >= 15 is 0 Å². The van der Waals surface area contributed by atoms with Crippen LogP contribution in [-0.4, -0.2) is 146 Å². The van der Waals surface area contributed by atoms with Gasteiger partial charge in [-0.2, -0.15) is 0 Å². The van der Waals surface area contributed by atoms with Crippen LogP contribution in [0, 0.1) is 23.7 Å². The van der Waals surface area contributed by atoms with Crippen molar-refractivity contribution in [3.63, 3.8) is 0 Å². The number of morpholine rings is 2. The highest BCUT2D eigenvalue weighted by molar-refractivity contribution is 5.79. The van der Waals surface area contributed by atoms with Gasteiger partial charge in [0.25, 0.3) is 0 Å². The fraction of sp³-hybridized carbons (Fsp3) is 0.958. The molecule has 4 atom stereocenters. The van der Waals surface area contributed by atoms with Gasteiger partial charge in [-0.1, -0.05) is 25.7 Å².